The third-order valence-corrected chi connectivity index (χ3v) is 4.66. The fourth-order valence-electron chi connectivity index (χ4n) is 2.88. The van der Waals surface area contributed by atoms with Crippen LogP contribution in [0.3, 0.4) is 0 Å². The van der Waals surface area contributed by atoms with Gasteiger partial charge >= 0.3 is 0 Å². The van der Waals surface area contributed by atoms with Gasteiger partial charge < -0.3 is 10.2 Å². The molecule has 0 aromatic rings. The Morgan fingerprint density at radius 2 is 1.94 bits per heavy atom. The maximum Gasteiger partial charge on any atom is 0.248 e. The van der Waals surface area contributed by atoms with Gasteiger partial charge in [-0.25, -0.2) is 0 Å². The number of rotatable bonds is 4. The van der Waals surface area contributed by atoms with E-state index in [9.17, 15) is 9.59 Å². The minimum atomic E-state index is -0.683. The Labute approximate surface area is 108 Å². The van der Waals surface area contributed by atoms with Gasteiger partial charge in [-0.15, -0.1) is 0 Å². The summed E-state index contributed by atoms with van der Waals surface area (Å²) in [5.74, 6) is 1.26. The molecule has 0 radical (unpaired) electrons. The summed E-state index contributed by atoms with van der Waals surface area (Å²) in [7, 11) is 0. The molecule has 4 nitrogen and oxygen atoms in total. The Hall–Kier alpha value is -1.06. The highest BCUT2D eigenvalue weighted by Crippen LogP contribution is 2.40. The number of nitrogens with one attached hydrogen (secondary N) is 1. The topological polar surface area (TPSA) is 49.4 Å². The maximum absolute atomic E-state index is 12.6. The first kappa shape index (κ1) is 12.0. The molecule has 3 rings (SSSR count). The van der Waals surface area contributed by atoms with E-state index in [1.54, 1.807) is 0 Å². The van der Waals surface area contributed by atoms with Crippen molar-refractivity contribution in [3.8, 4) is 0 Å². The second-order valence-electron chi connectivity index (χ2n) is 6.36. The van der Waals surface area contributed by atoms with Gasteiger partial charge in [-0.1, -0.05) is 6.92 Å². The van der Waals surface area contributed by atoms with Gasteiger partial charge in [0.1, 0.15) is 11.6 Å². The van der Waals surface area contributed by atoms with Gasteiger partial charge in [0, 0.05) is 6.54 Å². The summed E-state index contributed by atoms with van der Waals surface area (Å²) in [6.45, 7) is 4.62. The van der Waals surface area contributed by atoms with Crippen LogP contribution in [0.25, 0.3) is 0 Å². The van der Waals surface area contributed by atoms with Crippen LogP contribution in [0.2, 0.25) is 0 Å². The van der Waals surface area contributed by atoms with Crippen LogP contribution in [0.15, 0.2) is 0 Å². The molecule has 4 heteroatoms. The molecular formula is C14H22N2O2. The molecule has 0 spiro atoms. The van der Waals surface area contributed by atoms with Crippen molar-refractivity contribution in [1.82, 2.24) is 10.2 Å². The molecule has 100 valence electrons. The number of carbonyl (C=O) groups is 2. The lowest BCUT2D eigenvalue weighted by Gasteiger charge is -2.44. The van der Waals surface area contributed by atoms with E-state index in [0.717, 1.165) is 19.4 Å². The largest absolute Gasteiger partial charge is 0.340 e. The minimum Gasteiger partial charge on any atom is -0.340 e. The first-order valence-electron chi connectivity index (χ1n) is 7.18. The van der Waals surface area contributed by atoms with Crippen LogP contribution in [-0.4, -0.2) is 34.8 Å². The Morgan fingerprint density at radius 1 is 1.28 bits per heavy atom. The highest BCUT2D eigenvalue weighted by molar-refractivity contribution is 5.99. The molecular weight excluding hydrogens is 228 g/mol. The van der Waals surface area contributed by atoms with Crippen molar-refractivity contribution in [3.05, 3.63) is 0 Å². The van der Waals surface area contributed by atoms with Crippen molar-refractivity contribution < 1.29 is 9.59 Å². The van der Waals surface area contributed by atoms with Crippen LogP contribution in [0.5, 0.6) is 0 Å². The lowest BCUT2D eigenvalue weighted by Crippen LogP contribution is -2.69. The molecule has 18 heavy (non-hydrogen) atoms. The summed E-state index contributed by atoms with van der Waals surface area (Å²) in [5, 5.41) is 2.96. The zero-order valence-corrected chi connectivity index (χ0v) is 11.2. The molecule has 2 amide bonds. The smallest absolute Gasteiger partial charge is 0.248 e. The lowest BCUT2D eigenvalue weighted by atomic mass is 9.90. The van der Waals surface area contributed by atoms with Crippen molar-refractivity contribution >= 4 is 11.8 Å². The van der Waals surface area contributed by atoms with Crippen molar-refractivity contribution in [3.63, 3.8) is 0 Å². The molecule has 0 aromatic carbocycles. The first-order valence-corrected chi connectivity index (χ1v) is 7.18. The fourth-order valence-corrected chi connectivity index (χ4v) is 2.88. The van der Waals surface area contributed by atoms with Crippen molar-refractivity contribution in [2.24, 2.45) is 11.8 Å². The third-order valence-electron chi connectivity index (χ3n) is 4.66. The van der Waals surface area contributed by atoms with Crippen LogP contribution in [0.4, 0.5) is 0 Å². The normalized spacial score (nSPS) is 36.8. The Bertz CT molecular complexity index is 387. The molecule has 3 fully saturated rings. The zero-order valence-electron chi connectivity index (χ0n) is 11.2. The predicted octanol–water partition coefficient (Wildman–Crippen LogP) is 1.30. The summed E-state index contributed by atoms with van der Waals surface area (Å²) in [5.41, 5.74) is -0.683. The van der Waals surface area contributed by atoms with Crippen LogP contribution in [-0.2, 0) is 9.59 Å². The number of hydrogen-bond donors (Lipinski definition) is 1. The molecule has 2 unspecified atom stereocenters. The monoisotopic (exact) mass is 250 g/mol. The van der Waals surface area contributed by atoms with Crippen molar-refractivity contribution in [2.75, 3.05) is 6.54 Å². The zero-order chi connectivity index (χ0) is 12.9. The number of hydrogen-bond acceptors (Lipinski definition) is 2. The SMILES string of the molecule is CCC1(C)NC(=O)C(C2CC2)N(CC2CC2)C1=O. The number of piperazine rings is 1. The van der Waals surface area contributed by atoms with Gasteiger partial charge in [-0.3, -0.25) is 9.59 Å². The molecule has 2 atom stereocenters. The fraction of sp³-hybridized carbons (Fsp3) is 0.857. The van der Waals surface area contributed by atoms with Gasteiger partial charge in [0.05, 0.1) is 0 Å². The molecule has 2 saturated carbocycles. The number of carbonyl (C=O) groups excluding carboxylic acids is 2. The van der Waals surface area contributed by atoms with Crippen LogP contribution in [0, 0.1) is 11.8 Å². The molecule has 0 aromatic heterocycles. The summed E-state index contributed by atoms with van der Waals surface area (Å²) in [6, 6.07) is -0.183. The minimum absolute atomic E-state index is 0.0714. The number of amides is 2. The molecule has 2 aliphatic carbocycles. The Balaban J connectivity index is 1.85. The Morgan fingerprint density at radius 3 is 2.44 bits per heavy atom. The van der Waals surface area contributed by atoms with E-state index in [0.29, 0.717) is 18.3 Å². The quantitative estimate of drug-likeness (QED) is 0.817. The van der Waals surface area contributed by atoms with E-state index >= 15 is 0 Å². The lowest BCUT2D eigenvalue weighted by molar-refractivity contribution is -0.155. The van der Waals surface area contributed by atoms with E-state index < -0.39 is 5.54 Å². The van der Waals surface area contributed by atoms with Gasteiger partial charge in [0.25, 0.3) is 0 Å². The highest BCUT2D eigenvalue weighted by atomic mass is 16.2. The summed E-state index contributed by atoms with van der Waals surface area (Å²) >= 11 is 0. The van der Waals surface area contributed by atoms with Crippen LogP contribution < -0.4 is 5.32 Å². The van der Waals surface area contributed by atoms with E-state index in [-0.39, 0.29) is 17.9 Å². The van der Waals surface area contributed by atoms with Crippen LogP contribution >= 0.6 is 0 Å². The second kappa shape index (κ2) is 3.97. The van der Waals surface area contributed by atoms with Gasteiger partial charge in [-0.2, -0.15) is 0 Å². The molecule has 1 N–H and O–H groups in total. The molecule has 0 bridgehead atoms. The Kier molecular flexibility index (Phi) is 2.65. The molecule has 1 aliphatic heterocycles. The van der Waals surface area contributed by atoms with Gasteiger partial charge in [0.15, 0.2) is 0 Å². The highest BCUT2D eigenvalue weighted by Gasteiger charge is 2.52. The molecule has 1 heterocycles. The summed E-state index contributed by atoms with van der Waals surface area (Å²) < 4.78 is 0. The second-order valence-corrected chi connectivity index (χ2v) is 6.36. The van der Waals surface area contributed by atoms with E-state index in [2.05, 4.69) is 5.32 Å². The average Bonchev–Trinajstić information content (AvgIpc) is 3.19. The third kappa shape index (κ3) is 1.91. The summed E-state index contributed by atoms with van der Waals surface area (Å²) in [6.07, 6.45) is 5.28. The first-order chi connectivity index (χ1) is 8.55. The maximum atomic E-state index is 12.6. The van der Waals surface area contributed by atoms with Crippen molar-refractivity contribution in [1.29, 1.82) is 0 Å². The molecule has 1 saturated heterocycles. The van der Waals surface area contributed by atoms with Gasteiger partial charge in [-0.05, 0) is 50.9 Å². The molecule has 3 aliphatic rings. The standard InChI is InChI=1S/C14H22N2O2/c1-3-14(2)13(18)16(8-9-4-5-9)11(10-6-7-10)12(17)15-14/h9-11H,3-8H2,1-2H3,(H,15,17). The van der Waals surface area contributed by atoms with E-state index in [4.69, 9.17) is 0 Å². The number of nitrogens with zero attached hydrogens (tertiary/aromatic N) is 1. The van der Waals surface area contributed by atoms with Gasteiger partial charge in [0.2, 0.25) is 11.8 Å². The average molecular weight is 250 g/mol. The van der Waals surface area contributed by atoms with Crippen LogP contribution in [0.1, 0.15) is 46.0 Å². The van der Waals surface area contributed by atoms with E-state index in [1.807, 2.05) is 18.7 Å². The van der Waals surface area contributed by atoms with E-state index in [1.165, 1.54) is 12.8 Å². The van der Waals surface area contributed by atoms with Crippen molar-refractivity contribution in [2.45, 2.75) is 57.5 Å². The summed E-state index contributed by atoms with van der Waals surface area (Å²) in [4.78, 5) is 26.8. The predicted molar refractivity (Wildman–Crippen MR) is 67.8 cm³/mol.